The Balaban J connectivity index is 1.59. The van der Waals surface area contributed by atoms with Crippen LogP contribution in [0.5, 0.6) is 0 Å². The summed E-state index contributed by atoms with van der Waals surface area (Å²) in [6.07, 6.45) is 6.17. The molecule has 0 saturated heterocycles. The molecule has 28 heavy (non-hydrogen) atoms. The molecule has 0 fully saturated rings. The number of nitrogens with one attached hydrogen (secondary N) is 2. The third kappa shape index (κ3) is 5.43. The summed E-state index contributed by atoms with van der Waals surface area (Å²) in [5, 5.41) is 8.05. The fourth-order valence-electron chi connectivity index (χ4n) is 2.69. The zero-order chi connectivity index (χ0) is 19.9. The minimum atomic E-state index is -0.336. The van der Waals surface area contributed by atoms with Gasteiger partial charge in [0.05, 0.1) is 11.9 Å². The number of anilines is 1. The molecule has 0 aliphatic carbocycles. The number of carbonyl (C=O) groups is 2. The highest BCUT2D eigenvalue weighted by Crippen LogP contribution is 2.25. The van der Waals surface area contributed by atoms with E-state index in [-0.39, 0.29) is 23.6 Å². The SMILES string of the molecule is CC(=O)NC(C)CCc1ccc(-c2csc(NC(=O)c3cnccn3)n2)cc1. The fourth-order valence-corrected chi connectivity index (χ4v) is 3.40. The van der Waals surface area contributed by atoms with Crippen molar-refractivity contribution in [2.45, 2.75) is 32.7 Å². The van der Waals surface area contributed by atoms with Crippen LogP contribution in [-0.4, -0.2) is 32.8 Å². The van der Waals surface area contributed by atoms with E-state index in [0.717, 1.165) is 24.1 Å². The molecule has 0 aliphatic rings. The highest BCUT2D eigenvalue weighted by Gasteiger charge is 2.11. The van der Waals surface area contributed by atoms with E-state index < -0.39 is 0 Å². The maximum Gasteiger partial charge on any atom is 0.277 e. The van der Waals surface area contributed by atoms with Gasteiger partial charge in [-0.1, -0.05) is 24.3 Å². The predicted octanol–water partition coefficient (Wildman–Crippen LogP) is 3.31. The molecule has 3 rings (SSSR count). The molecule has 144 valence electrons. The van der Waals surface area contributed by atoms with Gasteiger partial charge < -0.3 is 5.32 Å². The van der Waals surface area contributed by atoms with Gasteiger partial charge >= 0.3 is 0 Å². The van der Waals surface area contributed by atoms with Crippen LogP contribution in [0.1, 0.15) is 36.3 Å². The van der Waals surface area contributed by atoms with Crippen LogP contribution in [0.15, 0.2) is 48.2 Å². The lowest BCUT2D eigenvalue weighted by Gasteiger charge is -2.12. The summed E-state index contributed by atoms with van der Waals surface area (Å²) in [5.41, 5.74) is 3.23. The number of benzene rings is 1. The smallest absolute Gasteiger partial charge is 0.277 e. The van der Waals surface area contributed by atoms with Crippen LogP contribution in [0.4, 0.5) is 5.13 Å². The van der Waals surface area contributed by atoms with Crippen LogP contribution < -0.4 is 10.6 Å². The summed E-state index contributed by atoms with van der Waals surface area (Å²) in [5.74, 6) is -0.341. The first-order valence-electron chi connectivity index (χ1n) is 8.90. The Morgan fingerprint density at radius 1 is 1.18 bits per heavy atom. The third-order valence-corrected chi connectivity index (χ3v) is 4.84. The monoisotopic (exact) mass is 395 g/mol. The molecular formula is C20H21N5O2S. The molecule has 1 unspecified atom stereocenters. The van der Waals surface area contributed by atoms with E-state index in [4.69, 9.17) is 0 Å². The standard InChI is InChI=1S/C20H21N5O2S/c1-13(23-14(2)26)3-4-15-5-7-16(8-6-15)18-12-28-20(24-18)25-19(27)17-11-21-9-10-22-17/h5-13H,3-4H2,1-2H3,(H,23,26)(H,24,25,27). The summed E-state index contributed by atoms with van der Waals surface area (Å²) in [7, 11) is 0. The van der Waals surface area contributed by atoms with E-state index in [2.05, 4.69) is 37.7 Å². The highest BCUT2D eigenvalue weighted by molar-refractivity contribution is 7.14. The van der Waals surface area contributed by atoms with Crippen LogP contribution >= 0.6 is 11.3 Å². The second-order valence-electron chi connectivity index (χ2n) is 6.42. The minimum Gasteiger partial charge on any atom is -0.354 e. The normalized spacial score (nSPS) is 11.6. The van der Waals surface area contributed by atoms with Gasteiger partial charge in [-0.05, 0) is 25.3 Å². The van der Waals surface area contributed by atoms with Crippen molar-refractivity contribution in [3.63, 3.8) is 0 Å². The van der Waals surface area contributed by atoms with Crippen LogP contribution in [0.25, 0.3) is 11.3 Å². The topological polar surface area (TPSA) is 96.9 Å². The molecule has 8 heteroatoms. The molecule has 0 saturated carbocycles. The van der Waals surface area contributed by atoms with Crippen molar-refractivity contribution in [1.82, 2.24) is 20.3 Å². The lowest BCUT2D eigenvalue weighted by Crippen LogP contribution is -2.30. The molecule has 2 amide bonds. The van der Waals surface area contributed by atoms with Crippen LogP contribution in [0.3, 0.4) is 0 Å². The van der Waals surface area contributed by atoms with E-state index in [1.165, 1.54) is 42.4 Å². The second-order valence-corrected chi connectivity index (χ2v) is 7.28. The van der Waals surface area contributed by atoms with Crippen molar-refractivity contribution in [3.8, 4) is 11.3 Å². The van der Waals surface area contributed by atoms with Crippen molar-refractivity contribution >= 4 is 28.3 Å². The average molecular weight is 395 g/mol. The first kappa shape index (κ1) is 19.6. The van der Waals surface area contributed by atoms with Gasteiger partial charge in [0, 0.05) is 36.3 Å². The number of amides is 2. The summed E-state index contributed by atoms with van der Waals surface area (Å²) >= 11 is 1.36. The van der Waals surface area contributed by atoms with Gasteiger partial charge in [-0.3, -0.25) is 19.9 Å². The number of hydrogen-bond donors (Lipinski definition) is 2. The maximum absolute atomic E-state index is 12.1. The van der Waals surface area contributed by atoms with Crippen molar-refractivity contribution in [2.75, 3.05) is 5.32 Å². The van der Waals surface area contributed by atoms with Gasteiger partial charge in [0.2, 0.25) is 5.91 Å². The molecule has 3 aromatic rings. The maximum atomic E-state index is 12.1. The Bertz CT molecular complexity index is 941. The molecule has 7 nitrogen and oxygen atoms in total. The molecule has 0 bridgehead atoms. The number of rotatable bonds is 7. The molecule has 2 aromatic heterocycles. The molecule has 1 aromatic carbocycles. The predicted molar refractivity (Wildman–Crippen MR) is 109 cm³/mol. The second kappa shape index (κ2) is 9.18. The number of hydrogen-bond acceptors (Lipinski definition) is 6. The molecule has 2 N–H and O–H groups in total. The van der Waals surface area contributed by atoms with Crippen molar-refractivity contribution < 1.29 is 9.59 Å². The van der Waals surface area contributed by atoms with Gasteiger partial charge in [0.25, 0.3) is 5.91 Å². The van der Waals surface area contributed by atoms with E-state index >= 15 is 0 Å². The van der Waals surface area contributed by atoms with Crippen molar-refractivity contribution in [3.05, 3.63) is 59.5 Å². The van der Waals surface area contributed by atoms with Crippen LogP contribution in [0.2, 0.25) is 0 Å². The Labute approximate surface area is 167 Å². The Morgan fingerprint density at radius 2 is 1.96 bits per heavy atom. The minimum absolute atomic E-state index is 0.00594. The number of carbonyl (C=O) groups excluding carboxylic acids is 2. The van der Waals surface area contributed by atoms with Gasteiger partial charge in [-0.2, -0.15) is 0 Å². The molecule has 1 atom stereocenters. The van der Waals surface area contributed by atoms with E-state index in [0.29, 0.717) is 5.13 Å². The van der Waals surface area contributed by atoms with Crippen LogP contribution in [0, 0.1) is 0 Å². The van der Waals surface area contributed by atoms with Gasteiger partial charge in [-0.25, -0.2) is 9.97 Å². The Morgan fingerprint density at radius 3 is 2.64 bits per heavy atom. The molecule has 2 heterocycles. The lowest BCUT2D eigenvalue weighted by atomic mass is 10.0. The fraction of sp³-hybridized carbons (Fsp3) is 0.250. The molecular weight excluding hydrogens is 374 g/mol. The average Bonchev–Trinajstić information content (AvgIpc) is 3.15. The number of aryl methyl sites for hydroxylation is 1. The van der Waals surface area contributed by atoms with Crippen molar-refractivity contribution in [2.24, 2.45) is 0 Å². The molecule has 0 aliphatic heterocycles. The zero-order valence-electron chi connectivity index (χ0n) is 15.7. The van der Waals surface area contributed by atoms with Crippen molar-refractivity contribution in [1.29, 1.82) is 0 Å². The summed E-state index contributed by atoms with van der Waals surface area (Å²) in [6.45, 7) is 3.53. The number of nitrogens with zero attached hydrogens (tertiary/aromatic N) is 3. The van der Waals surface area contributed by atoms with E-state index in [1.54, 1.807) is 0 Å². The summed E-state index contributed by atoms with van der Waals surface area (Å²) in [4.78, 5) is 35.5. The van der Waals surface area contributed by atoms with E-state index in [1.807, 2.05) is 24.4 Å². The van der Waals surface area contributed by atoms with Crippen LogP contribution in [-0.2, 0) is 11.2 Å². The number of aromatic nitrogens is 3. The largest absolute Gasteiger partial charge is 0.354 e. The van der Waals surface area contributed by atoms with Gasteiger partial charge in [0.1, 0.15) is 5.69 Å². The van der Waals surface area contributed by atoms with E-state index in [9.17, 15) is 9.59 Å². The Hall–Kier alpha value is -3.13. The quantitative estimate of drug-likeness (QED) is 0.640. The third-order valence-electron chi connectivity index (χ3n) is 4.09. The number of thiazole rings is 1. The highest BCUT2D eigenvalue weighted by atomic mass is 32.1. The first-order chi connectivity index (χ1) is 13.5. The first-order valence-corrected chi connectivity index (χ1v) is 9.78. The summed E-state index contributed by atoms with van der Waals surface area (Å²) in [6, 6.07) is 8.31. The molecule has 0 radical (unpaired) electrons. The zero-order valence-corrected chi connectivity index (χ0v) is 16.5. The molecule has 0 spiro atoms. The van der Waals surface area contributed by atoms with Gasteiger partial charge in [-0.15, -0.1) is 11.3 Å². The van der Waals surface area contributed by atoms with Gasteiger partial charge in [0.15, 0.2) is 5.13 Å². The summed E-state index contributed by atoms with van der Waals surface area (Å²) < 4.78 is 0. The lowest BCUT2D eigenvalue weighted by molar-refractivity contribution is -0.119. The Kier molecular flexibility index (Phi) is 6.44.